The van der Waals surface area contributed by atoms with Gasteiger partial charge in [-0.2, -0.15) is 0 Å². The monoisotopic (exact) mass is 559 g/mol. The fraction of sp³-hybridized carbons (Fsp3) is 0.233. The van der Waals surface area contributed by atoms with Gasteiger partial charge in [0.25, 0.3) is 0 Å². The number of ether oxygens (including phenoxy) is 2. The number of aromatic nitrogens is 2. The Balaban J connectivity index is 1.33. The Hall–Kier alpha value is -4.23. The topological polar surface area (TPSA) is 89.9 Å². The van der Waals surface area contributed by atoms with Crippen LogP contribution in [0.15, 0.2) is 72.1 Å². The van der Waals surface area contributed by atoms with Crippen LogP contribution in [0.1, 0.15) is 18.1 Å². The molecule has 3 aromatic carbocycles. The molecule has 0 amide bonds. The van der Waals surface area contributed by atoms with Gasteiger partial charge in [0.2, 0.25) is 0 Å². The van der Waals surface area contributed by atoms with E-state index in [1.54, 1.807) is 31.2 Å². The van der Waals surface area contributed by atoms with Gasteiger partial charge in [0.15, 0.2) is 5.71 Å². The van der Waals surface area contributed by atoms with Gasteiger partial charge in [-0.25, -0.2) is 14.4 Å². The van der Waals surface area contributed by atoms with E-state index in [1.165, 1.54) is 18.5 Å². The van der Waals surface area contributed by atoms with Crippen LogP contribution in [0.4, 0.5) is 15.9 Å². The third kappa shape index (κ3) is 7.04. The van der Waals surface area contributed by atoms with Gasteiger partial charge < -0.3 is 24.9 Å². The van der Waals surface area contributed by atoms with Gasteiger partial charge in [0, 0.05) is 29.7 Å². The average molecular weight is 560 g/mol. The van der Waals surface area contributed by atoms with Gasteiger partial charge in [0.1, 0.15) is 43.0 Å². The van der Waals surface area contributed by atoms with Crippen molar-refractivity contribution in [3.05, 3.63) is 89.0 Å². The summed E-state index contributed by atoms with van der Waals surface area (Å²) in [5, 5.41) is 12.0. The fourth-order valence-corrected chi connectivity index (χ4v) is 4.34. The number of fused-ring (bicyclic) bond motifs is 1. The molecule has 0 aliphatic carbocycles. The molecule has 1 atom stereocenters. The number of morpholine rings is 1. The second-order valence-corrected chi connectivity index (χ2v) is 9.36. The molecule has 4 aromatic rings. The summed E-state index contributed by atoms with van der Waals surface area (Å²) in [7, 11) is 0. The highest BCUT2D eigenvalue weighted by molar-refractivity contribution is 6.32. The maximum absolute atomic E-state index is 13.4. The van der Waals surface area contributed by atoms with Gasteiger partial charge in [-0.1, -0.05) is 34.8 Å². The third-order valence-electron chi connectivity index (χ3n) is 6.05. The molecule has 1 saturated heterocycles. The van der Waals surface area contributed by atoms with E-state index >= 15 is 0 Å². The first-order valence-corrected chi connectivity index (χ1v) is 13.1. The van der Waals surface area contributed by atoms with Crippen molar-refractivity contribution < 1.29 is 18.7 Å². The number of hydrogen-bond acceptors (Lipinski definition) is 8. The van der Waals surface area contributed by atoms with Crippen LogP contribution in [-0.2, 0) is 16.2 Å². The second-order valence-electron chi connectivity index (χ2n) is 8.95. The van der Waals surface area contributed by atoms with E-state index in [9.17, 15) is 4.39 Å². The molecule has 0 spiro atoms. The molecule has 8 nitrogen and oxygen atoms in total. The molecule has 1 aliphatic rings. The minimum Gasteiger partial charge on any atom is -0.487 e. The Kier molecular flexibility index (Phi) is 9.04. The van der Waals surface area contributed by atoms with Gasteiger partial charge in [-0.15, -0.1) is 0 Å². The van der Waals surface area contributed by atoms with Crippen molar-refractivity contribution in [3.63, 3.8) is 0 Å². The zero-order valence-electron chi connectivity index (χ0n) is 21.8. The lowest BCUT2D eigenvalue weighted by Gasteiger charge is -2.22. The maximum Gasteiger partial charge on any atom is 0.159 e. The summed E-state index contributed by atoms with van der Waals surface area (Å²) in [6, 6.07) is 17.3. The summed E-state index contributed by atoms with van der Waals surface area (Å²) in [4.78, 5) is 14.4. The Morgan fingerprint density at radius 1 is 1.20 bits per heavy atom. The largest absolute Gasteiger partial charge is 0.487 e. The van der Waals surface area contributed by atoms with Crippen molar-refractivity contribution in [2.24, 2.45) is 5.16 Å². The third-order valence-corrected chi connectivity index (χ3v) is 6.35. The Bertz CT molecular complexity index is 1580. The van der Waals surface area contributed by atoms with E-state index in [0.717, 1.165) is 29.6 Å². The molecule has 2 N–H and O–H groups in total. The van der Waals surface area contributed by atoms with Crippen LogP contribution in [0.3, 0.4) is 0 Å². The van der Waals surface area contributed by atoms with E-state index in [2.05, 4.69) is 37.6 Å². The highest BCUT2D eigenvalue weighted by Gasteiger charge is 2.15. The lowest BCUT2D eigenvalue weighted by molar-refractivity contribution is -0.0300. The first-order valence-electron chi connectivity index (χ1n) is 12.7. The summed E-state index contributed by atoms with van der Waals surface area (Å²) in [6.45, 7) is 4.47. The predicted octanol–water partition coefficient (Wildman–Crippen LogP) is 5.48. The van der Waals surface area contributed by atoms with Crippen LogP contribution >= 0.6 is 11.6 Å². The molecule has 2 heterocycles. The Morgan fingerprint density at radius 3 is 2.92 bits per heavy atom. The maximum atomic E-state index is 13.4. The van der Waals surface area contributed by atoms with Crippen molar-refractivity contribution in [2.45, 2.75) is 19.6 Å². The molecule has 5 rings (SSSR count). The van der Waals surface area contributed by atoms with E-state index in [-0.39, 0.29) is 18.5 Å². The minimum absolute atomic E-state index is 0.0564. The quantitative estimate of drug-likeness (QED) is 0.159. The molecule has 0 saturated carbocycles. The molecule has 1 aromatic heterocycles. The SMILES string of the molecule is CC#C/C(=N\OC[C@@H]1CNCCO1)c1ccc2ncnc(Nc3ccc(OCc4cccc(F)c4)c(Cl)c3)c2c1. The fourth-order valence-electron chi connectivity index (χ4n) is 4.10. The van der Waals surface area contributed by atoms with Crippen LogP contribution in [0.25, 0.3) is 10.9 Å². The molecular weight excluding hydrogens is 533 g/mol. The van der Waals surface area contributed by atoms with E-state index in [4.69, 9.17) is 25.9 Å². The van der Waals surface area contributed by atoms with Gasteiger partial charge in [-0.3, -0.25) is 0 Å². The second kappa shape index (κ2) is 13.2. The highest BCUT2D eigenvalue weighted by Crippen LogP contribution is 2.31. The van der Waals surface area contributed by atoms with Crippen molar-refractivity contribution in [2.75, 3.05) is 31.6 Å². The molecule has 1 aliphatic heterocycles. The number of oxime groups is 1. The van der Waals surface area contributed by atoms with Crippen molar-refractivity contribution in [3.8, 4) is 17.6 Å². The lowest BCUT2D eigenvalue weighted by Crippen LogP contribution is -2.40. The van der Waals surface area contributed by atoms with Gasteiger partial charge >= 0.3 is 0 Å². The standard InChI is InChI=1S/C30H27ClFN5O3/c1-2-4-27(37-40-18-24-16-33-11-12-38-24)21-7-9-28-25(14-21)30(35-19-34-28)36-23-8-10-29(26(31)15-23)39-17-20-5-3-6-22(32)13-20/h3,5-10,13-15,19,24,33H,11-12,16-18H2,1H3,(H,34,35,36)/b37-27+/t24-/m0/s1. The van der Waals surface area contributed by atoms with Crippen LogP contribution in [0, 0.1) is 17.7 Å². The van der Waals surface area contributed by atoms with Crippen molar-refractivity contribution in [1.29, 1.82) is 0 Å². The van der Waals surface area contributed by atoms with Crippen LogP contribution in [0.2, 0.25) is 5.02 Å². The summed E-state index contributed by atoms with van der Waals surface area (Å²) in [5.41, 5.74) is 3.42. The van der Waals surface area contributed by atoms with Gasteiger partial charge in [0.05, 0.1) is 17.1 Å². The van der Waals surface area contributed by atoms with E-state index in [1.807, 2.05) is 24.3 Å². The number of hydrogen-bond donors (Lipinski definition) is 2. The minimum atomic E-state index is -0.314. The van der Waals surface area contributed by atoms with Crippen LogP contribution in [-0.4, -0.2) is 48.1 Å². The first kappa shape index (κ1) is 27.3. The highest BCUT2D eigenvalue weighted by atomic mass is 35.5. The first-order chi connectivity index (χ1) is 19.6. The summed E-state index contributed by atoms with van der Waals surface area (Å²) < 4.78 is 24.9. The summed E-state index contributed by atoms with van der Waals surface area (Å²) in [5.74, 6) is 6.67. The molecule has 204 valence electrons. The Labute approximate surface area is 236 Å². The summed E-state index contributed by atoms with van der Waals surface area (Å²) >= 11 is 6.49. The smallest absolute Gasteiger partial charge is 0.159 e. The van der Waals surface area contributed by atoms with E-state index < -0.39 is 0 Å². The molecule has 0 bridgehead atoms. The average Bonchev–Trinajstić information content (AvgIpc) is 2.97. The number of nitrogens with zero attached hydrogens (tertiary/aromatic N) is 3. The number of halogens is 2. The zero-order valence-corrected chi connectivity index (χ0v) is 22.5. The summed E-state index contributed by atoms with van der Waals surface area (Å²) in [6.07, 6.45) is 1.43. The molecular formula is C30H27ClFN5O3. The lowest BCUT2D eigenvalue weighted by atomic mass is 10.1. The van der Waals surface area contributed by atoms with Crippen LogP contribution < -0.4 is 15.4 Å². The Morgan fingerprint density at radius 2 is 2.12 bits per heavy atom. The molecule has 1 fully saturated rings. The van der Waals surface area contributed by atoms with E-state index in [0.29, 0.717) is 46.8 Å². The van der Waals surface area contributed by atoms with Crippen molar-refractivity contribution >= 4 is 39.7 Å². The molecule has 0 unspecified atom stereocenters. The zero-order chi connectivity index (χ0) is 27.7. The molecule has 40 heavy (non-hydrogen) atoms. The predicted molar refractivity (Wildman–Crippen MR) is 154 cm³/mol. The molecule has 10 heteroatoms. The number of nitrogens with one attached hydrogen (secondary N) is 2. The number of benzene rings is 3. The van der Waals surface area contributed by atoms with Crippen molar-refractivity contribution in [1.82, 2.24) is 15.3 Å². The van der Waals surface area contributed by atoms with Gasteiger partial charge in [-0.05, 0) is 66.9 Å². The molecule has 0 radical (unpaired) electrons. The normalized spacial score (nSPS) is 15.3. The number of anilines is 2. The number of rotatable bonds is 9. The van der Waals surface area contributed by atoms with Crippen LogP contribution in [0.5, 0.6) is 5.75 Å².